The number of carbonyl (C=O) groups excluding carboxylic acids is 2. The summed E-state index contributed by atoms with van der Waals surface area (Å²) in [6.45, 7) is 3.92. The lowest BCUT2D eigenvalue weighted by atomic mass is 9.83. The molecule has 0 bridgehead atoms. The third-order valence-corrected chi connectivity index (χ3v) is 8.90. The molecule has 6 rings (SSSR count). The minimum atomic E-state index is -0.229. The number of amides is 2. The van der Waals surface area contributed by atoms with Crippen molar-refractivity contribution in [1.82, 2.24) is 14.9 Å². The van der Waals surface area contributed by atoms with Crippen LogP contribution >= 0.6 is 27.3 Å². The quantitative estimate of drug-likeness (QED) is 0.311. The highest BCUT2D eigenvalue weighted by atomic mass is 79.9. The van der Waals surface area contributed by atoms with Gasteiger partial charge in [0, 0.05) is 41.4 Å². The molecule has 3 atom stereocenters. The molecule has 2 fully saturated rings. The molecule has 38 heavy (non-hydrogen) atoms. The number of aromatic nitrogens is 2. The Morgan fingerprint density at radius 2 is 2.11 bits per heavy atom. The van der Waals surface area contributed by atoms with Crippen molar-refractivity contribution in [2.24, 2.45) is 11.8 Å². The Balaban J connectivity index is 1.14. The number of aryl methyl sites for hydroxylation is 1. The first-order chi connectivity index (χ1) is 18.4. The zero-order valence-corrected chi connectivity index (χ0v) is 23.3. The summed E-state index contributed by atoms with van der Waals surface area (Å²) in [5.41, 5.74) is 4.45. The molecular weight excluding hydrogens is 564 g/mol. The van der Waals surface area contributed by atoms with Gasteiger partial charge in [0.1, 0.15) is 0 Å². The molecule has 2 aliphatic heterocycles. The van der Waals surface area contributed by atoms with Crippen molar-refractivity contribution in [1.29, 1.82) is 0 Å². The molecule has 4 heterocycles. The number of likely N-dealkylation sites (tertiary alicyclic amines) is 1. The van der Waals surface area contributed by atoms with Crippen LogP contribution in [0, 0.1) is 18.8 Å². The third-order valence-electron chi connectivity index (χ3n) is 7.46. The van der Waals surface area contributed by atoms with E-state index in [9.17, 15) is 9.59 Å². The lowest BCUT2D eigenvalue weighted by Crippen LogP contribution is -2.45. The number of nitrogens with zero attached hydrogens (tertiary/aromatic N) is 3. The molecule has 2 aromatic carbocycles. The molecule has 2 saturated heterocycles. The molecule has 7 nitrogen and oxygen atoms in total. The predicted molar refractivity (Wildman–Crippen MR) is 152 cm³/mol. The van der Waals surface area contributed by atoms with Crippen LogP contribution in [0.3, 0.4) is 0 Å². The topological polar surface area (TPSA) is 84.4 Å². The second-order valence-electron chi connectivity index (χ2n) is 10.0. The molecule has 0 spiro atoms. The van der Waals surface area contributed by atoms with Crippen molar-refractivity contribution in [2.75, 3.05) is 25.0 Å². The Morgan fingerprint density at radius 1 is 1.21 bits per heavy atom. The number of hydrogen-bond donors (Lipinski definition) is 1. The fourth-order valence-electron chi connectivity index (χ4n) is 5.53. The second-order valence-corrected chi connectivity index (χ2v) is 12.0. The van der Waals surface area contributed by atoms with Crippen molar-refractivity contribution in [3.63, 3.8) is 0 Å². The summed E-state index contributed by atoms with van der Waals surface area (Å²) in [5.74, 6) is 0.352. The average Bonchev–Trinajstić information content (AvgIpc) is 3.50. The first kappa shape index (κ1) is 25.2. The minimum Gasteiger partial charge on any atom is -0.377 e. The van der Waals surface area contributed by atoms with Crippen LogP contribution < -0.4 is 5.32 Å². The van der Waals surface area contributed by atoms with E-state index in [2.05, 4.69) is 37.3 Å². The third kappa shape index (κ3) is 5.10. The summed E-state index contributed by atoms with van der Waals surface area (Å²) < 4.78 is 8.06. The molecular formula is C29H27BrN4O3S. The molecule has 194 valence electrons. The fraction of sp³-hybridized carbons (Fsp3) is 0.310. The highest BCUT2D eigenvalue weighted by Gasteiger charge is 2.43. The normalized spacial score (nSPS) is 20.9. The van der Waals surface area contributed by atoms with Crippen LogP contribution in [0.5, 0.6) is 0 Å². The van der Waals surface area contributed by atoms with E-state index >= 15 is 0 Å². The number of nitrogens with one attached hydrogen (secondary N) is 1. The van der Waals surface area contributed by atoms with Gasteiger partial charge in [0.25, 0.3) is 5.91 Å². The summed E-state index contributed by atoms with van der Waals surface area (Å²) in [7, 11) is 0. The SMILES string of the molecule is Cc1cccc(-c2cnccc2C(=O)N2CC[C@H]3COC(CC(=O)Nc4nc5cc(Br)ccc5s4)[C@H]3C2)c1. The number of hydrogen-bond acceptors (Lipinski definition) is 6. The van der Waals surface area contributed by atoms with Crippen LogP contribution in [0.2, 0.25) is 0 Å². The van der Waals surface area contributed by atoms with Crippen molar-refractivity contribution >= 4 is 54.4 Å². The first-order valence-corrected chi connectivity index (χ1v) is 14.3. The Hall–Kier alpha value is -3.14. The van der Waals surface area contributed by atoms with E-state index in [-0.39, 0.29) is 30.3 Å². The van der Waals surface area contributed by atoms with Gasteiger partial charge in [0.15, 0.2) is 5.13 Å². The molecule has 0 saturated carbocycles. The highest BCUT2D eigenvalue weighted by Crippen LogP contribution is 2.37. The number of benzene rings is 2. The number of piperidine rings is 1. The number of halogens is 1. The Labute approximate surface area is 233 Å². The maximum absolute atomic E-state index is 13.7. The van der Waals surface area contributed by atoms with E-state index in [1.807, 2.05) is 48.2 Å². The smallest absolute Gasteiger partial charge is 0.254 e. The van der Waals surface area contributed by atoms with Crippen molar-refractivity contribution in [3.8, 4) is 11.1 Å². The van der Waals surface area contributed by atoms with Gasteiger partial charge in [-0.05, 0) is 49.1 Å². The van der Waals surface area contributed by atoms with Crippen LogP contribution in [-0.4, -0.2) is 52.5 Å². The average molecular weight is 592 g/mol. The molecule has 1 N–H and O–H groups in total. The fourth-order valence-corrected chi connectivity index (χ4v) is 6.74. The Kier molecular flexibility index (Phi) is 6.99. The lowest BCUT2D eigenvalue weighted by Gasteiger charge is -2.36. The number of fused-ring (bicyclic) bond motifs is 2. The zero-order chi connectivity index (χ0) is 26.2. The molecule has 1 unspecified atom stereocenters. The van der Waals surface area contributed by atoms with Crippen LogP contribution in [0.25, 0.3) is 21.3 Å². The highest BCUT2D eigenvalue weighted by molar-refractivity contribution is 9.10. The Bertz CT molecular complexity index is 1520. The predicted octanol–water partition coefficient (Wildman–Crippen LogP) is 5.94. The van der Waals surface area contributed by atoms with E-state index in [0.717, 1.165) is 37.8 Å². The van der Waals surface area contributed by atoms with Crippen molar-refractivity contribution < 1.29 is 14.3 Å². The van der Waals surface area contributed by atoms with Crippen LogP contribution in [-0.2, 0) is 9.53 Å². The monoisotopic (exact) mass is 590 g/mol. The number of anilines is 1. The number of thiazole rings is 1. The van der Waals surface area contributed by atoms with Crippen LogP contribution in [0.15, 0.2) is 65.4 Å². The minimum absolute atomic E-state index is 0.00176. The van der Waals surface area contributed by atoms with Gasteiger partial charge in [0.05, 0.1) is 34.9 Å². The van der Waals surface area contributed by atoms with Crippen molar-refractivity contribution in [3.05, 3.63) is 76.5 Å². The molecule has 0 aliphatic carbocycles. The van der Waals surface area contributed by atoms with Gasteiger partial charge in [-0.2, -0.15) is 0 Å². The number of pyridine rings is 1. The maximum Gasteiger partial charge on any atom is 0.254 e. The number of rotatable bonds is 5. The number of carbonyl (C=O) groups is 2. The standard InChI is InChI=1S/C29H27BrN4O3S/c1-17-3-2-4-18(11-17)22-14-31-9-7-21(22)28(36)34-10-8-19-16-37-25(23(19)15-34)13-27(35)33-29-32-24-12-20(30)5-6-26(24)38-29/h2-7,9,11-12,14,19,23,25H,8,10,13,15-16H2,1H3,(H,32,33,35)/t19-,23-,25?/m0/s1. The van der Waals surface area contributed by atoms with Gasteiger partial charge < -0.3 is 15.0 Å². The molecule has 0 radical (unpaired) electrons. The largest absolute Gasteiger partial charge is 0.377 e. The summed E-state index contributed by atoms with van der Waals surface area (Å²) in [6, 6.07) is 15.8. The van der Waals surface area contributed by atoms with Gasteiger partial charge in [-0.15, -0.1) is 0 Å². The summed E-state index contributed by atoms with van der Waals surface area (Å²) >= 11 is 4.92. The van der Waals surface area contributed by atoms with E-state index in [1.54, 1.807) is 18.5 Å². The zero-order valence-electron chi connectivity index (χ0n) is 20.9. The van der Waals surface area contributed by atoms with Crippen LogP contribution in [0.4, 0.5) is 5.13 Å². The second kappa shape index (κ2) is 10.6. The molecule has 2 aliphatic rings. The lowest BCUT2D eigenvalue weighted by molar-refractivity contribution is -0.118. The molecule has 4 aromatic rings. The van der Waals surface area contributed by atoms with Gasteiger partial charge in [-0.25, -0.2) is 4.98 Å². The summed E-state index contributed by atoms with van der Waals surface area (Å²) in [5, 5.41) is 3.53. The van der Waals surface area contributed by atoms with Gasteiger partial charge >= 0.3 is 0 Å². The van der Waals surface area contributed by atoms with Crippen molar-refractivity contribution in [2.45, 2.75) is 25.9 Å². The van der Waals surface area contributed by atoms with E-state index in [4.69, 9.17) is 4.74 Å². The van der Waals surface area contributed by atoms with Gasteiger partial charge in [0.2, 0.25) is 5.91 Å². The molecule has 2 amide bonds. The molecule has 2 aromatic heterocycles. The summed E-state index contributed by atoms with van der Waals surface area (Å²) in [4.78, 5) is 37.4. The van der Waals surface area contributed by atoms with E-state index in [1.165, 1.54) is 11.3 Å². The van der Waals surface area contributed by atoms with Gasteiger partial charge in [-0.1, -0.05) is 57.1 Å². The molecule has 9 heteroatoms. The summed E-state index contributed by atoms with van der Waals surface area (Å²) in [6.07, 6.45) is 4.32. The maximum atomic E-state index is 13.7. The number of ether oxygens (including phenoxy) is 1. The van der Waals surface area contributed by atoms with E-state index < -0.39 is 0 Å². The van der Waals surface area contributed by atoms with Gasteiger partial charge in [-0.3, -0.25) is 14.6 Å². The van der Waals surface area contributed by atoms with E-state index in [0.29, 0.717) is 36.3 Å². The first-order valence-electron chi connectivity index (χ1n) is 12.7. The Morgan fingerprint density at radius 3 is 2.97 bits per heavy atom. The van der Waals surface area contributed by atoms with Crippen LogP contribution in [0.1, 0.15) is 28.8 Å².